The van der Waals surface area contributed by atoms with E-state index >= 15 is 0 Å². The van der Waals surface area contributed by atoms with Gasteiger partial charge in [-0.1, -0.05) is 53.7 Å². The molecular weight excluding hydrogens is 168 g/mol. The first-order chi connectivity index (χ1) is 6.30. The van der Waals surface area contributed by atoms with E-state index in [1.54, 1.807) is 0 Å². The van der Waals surface area contributed by atoms with Gasteiger partial charge in [-0.3, -0.25) is 0 Å². The number of allylic oxidation sites excluding steroid dienone is 2. The number of hydrogen-bond donors (Lipinski definition) is 0. The highest BCUT2D eigenvalue weighted by atomic mass is 14.4. The van der Waals surface area contributed by atoms with Crippen LogP contribution in [0.5, 0.6) is 0 Å². The summed E-state index contributed by atoms with van der Waals surface area (Å²) in [5.74, 6) is 1.52. The summed E-state index contributed by atoms with van der Waals surface area (Å²) in [5, 5.41) is 0. The van der Waals surface area contributed by atoms with E-state index in [9.17, 15) is 0 Å². The van der Waals surface area contributed by atoms with Crippen molar-refractivity contribution >= 4 is 0 Å². The van der Waals surface area contributed by atoms with E-state index in [0.29, 0.717) is 10.8 Å². The molecule has 0 heterocycles. The molecule has 0 fully saturated rings. The van der Waals surface area contributed by atoms with Crippen molar-refractivity contribution in [2.45, 2.75) is 54.4 Å². The molecule has 0 aromatic carbocycles. The van der Waals surface area contributed by atoms with Crippen molar-refractivity contribution in [2.24, 2.45) is 22.7 Å². The molecule has 1 aliphatic rings. The Kier molecular flexibility index (Phi) is 3.13. The second kappa shape index (κ2) is 3.72. The maximum absolute atomic E-state index is 2.51. The monoisotopic (exact) mass is 194 g/mol. The zero-order valence-corrected chi connectivity index (χ0v) is 10.7. The molecule has 0 bridgehead atoms. The molecule has 0 aromatic heterocycles. The smallest absolute Gasteiger partial charge is 0.00717 e. The van der Waals surface area contributed by atoms with Gasteiger partial charge in [-0.25, -0.2) is 0 Å². The molecular formula is C14H26. The third-order valence-electron chi connectivity index (χ3n) is 4.20. The van der Waals surface area contributed by atoms with Crippen LogP contribution in [-0.2, 0) is 0 Å². The van der Waals surface area contributed by atoms with Crippen LogP contribution >= 0.6 is 0 Å². The summed E-state index contributed by atoms with van der Waals surface area (Å²) < 4.78 is 0. The van der Waals surface area contributed by atoms with E-state index in [0.717, 1.165) is 11.8 Å². The van der Waals surface area contributed by atoms with E-state index in [4.69, 9.17) is 0 Å². The van der Waals surface area contributed by atoms with Crippen LogP contribution in [0.2, 0.25) is 0 Å². The molecule has 0 N–H and O–H groups in total. The van der Waals surface area contributed by atoms with Gasteiger partial charge in [0.25, 0.3) is 0 Å². The Balaban J connectivity index is 2.94. The van der Waals surface area contributed by atoms with Gasteiger partial charge in [-0.15, -0.1) is 0 Å². The number of rotatable bonds is 2. The van der Waals surface area contributed by atoms with Crippen molar-refractivity contribution < 1.29 is 0 Å². The van der Waals surface area contributed by atoms with Crippen molar-refractivity contribution in [1.29, 1.82) is 0 Å². The Morgan fingerprint density at radius 2 is 1.36 bits per heavy atom. The van der Waals surface area contributed by atoms with E-state index in [2.05, 4.69) is 53.7 Å². The van der Waals surface area contributed by atoms with E-state index in [1.165, 1.54) is 12.8 Å². The van der Waals surface area contributed by atoms with Gasteiger partial charge in [0.2, 0.25) is 0 Å². The van der Waals surface area contributed by atoms with Crippen LogP contribution in [0.3, 0.4) is 0 Å². The van der Waals surface area contributed by atoms with Crippen LogP contribution < -0.4 is 0 Å². The maximum Gasteiger partial charge on any atom is -0.00717 e. The van der Waals surface area contributed by atoms with Crippen LogP contribution in [0.4, 0.5) is 0 Å². The van der Waals surface area contributed by atoms with Gasteiger partial charge in [0.1, 0.15) is 0 Å². The Morgan fingerprint density at radius 3 is 1.64 bits per heavy atom. The Bertz CT molecular complexity index is 210. The summed E-state index contributed by atoms with van der Waals surface area (Å²) in [4.78, 5) is 0. The molecule has 0 heteroatoms. The topological polar surface area (TPSA) is 0 Å². The quantitative estimate of drug-likeness (QED) is 0.561. The molecule has 0 radical (unpaired) electrons. The van der Waals surface area contributed by atoms with Crippen LogP contribution in [-0.4, -0.2) is 0 Å². The van der Waals surface area contributed by atoms with Gasteiger partial charge in [0.05, 0.1) is 0 Å². The summed E-state index contributed by atoms with van der Waals surface area (Å²) in [6, 6.07) is 0. The predicted molar refractivity (Wildman–Crippen MR) is 64.3 cm³/mol. The third-order valence-corrected chi connectivity index (χ3v) is 4.20. The summed E-state index contributed by atoms with van der Waals surface area (Å²) in [6.07, 6.45) is 7.63. The van der Waals surface area contributed by atoms with Gasteiger partial charge in [-0.2, -0.15) is 0 Å². The average Bonchev–Trinajstić information content (AvgIpc) is 2.03. The Hall–Kier alpha value is -0.260. The first-order valence-corrected chi connectivity index (χ1v) is 6.00. The lowest BCUT2D eigenvalue weighted by Gasteiger charge is -2.44. The van der Waals surface area contributed by atoms with Gasteiger partial charge >= 0.3 is 0 Å². The second-order valence-electron chi connectivity index (χ2n) is 6.24. The Labute approximate surface area is 89.8 Å². The van der Waals surface area contributed by atoms with Crippen molar-refractivity contribution in [2.75, 3.05) is 0 Å². The molecule has 0 atom stereocenters. The lowest BCUT2D eigenvalue weighted by molar-refractivity contribution is 0.128. The summed E-state index contributed by atoms with van der Waals surface area (Å²) >= 11 is 0. The summed E-state index contributed by atoms with van der Waals surface area (Å²) in [6.45, 7) is 14.1. The first-order valence-electron chi connectivity index (χ1n) is 6.00. The third kappa shape index (κ3) is 2.04. The lowest BCUT2D eigenvalue weighted by Crippen LogP contribution is -2.35. The fourth-order valence-corrected chi connectivity index (χ4v) is 2.72. The van der Waals surface area contributed by atoms with Gasteiger partial charge in [-0.05, 0) is 35.5 Å². The van der Waals surface area contributed by atoms with Crippen LogP contribution in [0.25, 0.3) is 0 Å². The molecule has 14 heavy (non-hydrogen) atoms. The normalized spacial score (nSPS) is 24.6. The van der Waals surface area contributed by atoms with Crippen molar-refractivity contribution in [1.82, 2.24) is 0 Å². The predicted octanol–water partition coefficient (Wildman–Crippen LogP) is 4.66. The highest BCUT2D eigenvalue weighted by Crippen LogP contribution is 2.48. The minimum atomic E-state index is 0.424. The average molecular weight is 194 g/mol. The highest BCUT2D eigenvalue weighted by molar-refractivity contribution is 5.12. The zero-order valence-electron chi connectivity index (χ0n) is 10.7. The highest BCUT2D eigenvalue weighted by Gasteiger charge is 2.38. The van der Waals surface area contributed by atoms with Crippen LogP contribution in [0.1, 0.15) is 54.4 Å². The molecule has 1 aliphatic carbocycles. The molecule has 0 unspecified atom stereocenters. The van der Waals surface area contributed by atoms with E-state index < -0.39 is 0 Å². The van der Waals surface area contributed by atoms with E-state index in [-0.39, 0.29) is 0 Å². The largest absolute Gasteiger partial charge is 0.0823 e. The molecule has 0 saturated carbocycles. The number of hydrogen-bond acceptors (Lipinski definition) is 0. The van der Waals surface area contributed by atoms with Crippen molar-refractivity contribution in [3.63, 3.8) is 0 Å². The standard InChI is InChI=1S/C14H26/c1-11(2)14(12(3)4)9-7-13(5,6)8-10-14/h7,9,11-12H,8,10H2,1-6H3. The fourth-order valence-electron chi connectivity index (χ4n) is 2.72. The molecule has 82 valence electrons. The van der Waals surface area contributed by atoms with Gasteiger partial charge in [0, 0.05) is 0 Å². The Morgan fingerprint density at radius 1 is 0.857 bits per heavy atom. The molecule has 0 spiro atoms. The molecule has 0 amide bonds. The van der Waals surface area contributed by atoms with Crippen molar-refractivity contribution in [3.8, 4) is 0 Å². The first kappa shape index (κ1) is 11.8. The lowest BCUT2D eigenvalue weighted by atomic mass is 9.60. The molecule has 0 nitrogen and oxygen atoms in total. The molecule has 1 rings (SSSR count). The van der Waals surface area contributed by atoms with Gasteiger partial charge in [0.15, 0.2) is 0 Å². The van der Waals surface area contributed by atoms with E-state index in [1.807, 2.05) is 0 Å². The fraction of sp³-hybridized carbons (Fsp3) is 0.857. The van der Waals surface area contributed by atoms with Crippen LogP contribution in [0.15, 0.2) is 12.2 Å². The second-order valence-corrected chi connectivity index (χ2v) is 6.24. The summed E-state index contributed by atoms with van der Waals surface area (Å²) in [7, 11) is 0. The molecule has 0 saturated heterocycles. The van der Waals surface area contributed by atoms with Gasteiger partial charge < -0.3 is 0 Å². The van der Waals surface area contributed by atoms with Crippen molar-refractivity contribution in [3.05, 3.63) is 12.2 Å². The summed E-state index contributed by atoms with van der Waals surface area (Å²) in [5.41, 5.74) is 0.878. The minimum absolute atomic E-state index is 0.424. The zero-order chi connectivity index (χ0) is 11.0. The maximum atomic E-state index is 2.51. The minimum Gasteiger partial charge on any atom is -0.0823 e. The SMILES string of the molecule is CC(C)C1(C(C)C)C=CC(C)(C)CC1. The van der Waals surface area contributed by atoms with Crippen LogP contribution in [0, 0.1) is 22.7 Å². The molecule has 0 aromatic rings. The molecule has 0 aliphatic heterocycles.